The van der Waals surface area contributed by atoms with Crippen LogP contribution in [0.15, 0.2) is 70.8 Å². The van der Waals surface area contributed by atoms with Crippen LogP contribution in [0.4, 0.5) is 0 Å². The average molecular weight is 539 g/mol. The fraction of sp³-hybridized carbons (Fsp3) is 0.355. The summed E-state index contributed by atoms with van der Waals surface area (Å²) < 4.78 is 2.01. The van der Waals surface area contributed by atoms with Crippen LogP contribution in [0.5, 0.6) is 0 Å². The molecule has 3 heterocycles. The molecule has 5 aromatic rings. The van der Waals surface area contributed by atoms with E-state index in [4.69, 9.17) is 0 Å². The monoisotopic (exact) mass is 538 g/mol. The molecule has 1 aliphatic rings. The number of aromatic amines is 1. The van der Waals surface area contributed by atoms with Gasteiger partial charge in [0.25, 0.3) is 5.56 Å². The van der Waals surface area contributed by atoms with Crippen molar-refractivity contribution in [3.05, 3.63) is 109 Å². The van der Waals surface area contributed by atoms with Crippen molar-refractivity contribution >= 4 is 22.2 Å². The third-order valence-corrected chi connectivity index (χ3v) is 8.91. The minimum Gasteiger partial charge on any atom is -0.322 e. The molecule has 1 N–H and O–H groups in total. The second kappa shape index (κ2) is 11.2. The van der Waals surface area contributed by atoms with Gasteiger partial charge >= 0.3 is 0 Å². The molecule has 0 radical (unpaired) electrons. The van der Waals surface area contributed by atoms with Crippen molar-refractivity contribution < 1.29 is 0 Å². The largest absolute Gasteiger partial charge is 0.322 e. The predicted octanol–water partition coefficient (Wildman–Crippen LogP) is 6.14. The lowest BCUT2D eigenvalue weighted by Gasteiger charge is -2.31. The van der Waals surface area contributed by atoms with E-state index in [0.717, 1.165) is 48.1 Å². The Kier molecular flexibility index (Phi) is 7.39. The maximum atomic E-state index is 13.8. The lowest BCUT2D eigenvalue weighted by atomic mass is 10.00. The highest BCUT2D eigenvalue weighted by molar-refractivity contribution is 7.09. The van der Waals surface area contributed by atoms with Crippen molar-refractivity contribution in [2.24, 2.45) is 0 Å². The van der Waals surface area contributed by atoms with Crippen molar-refractivity contribution in [1.82, 2.24) is 30.1 Å². The Bertz CT molecular complexity index is 1600. The first-order chi connectivity index (χ1) is 19.1. The predicted molar refractivity (Wildman–Crippen MR) is 156 cm³/mol. The molecular weight excluding hydrogens is 504 g/mol. The minimum atomic E-state index is -0.388. The summed E-state index contributed by atoms with van der Waals surface area (Å²) in [7, 11) is 0. The number of pyridine rings is 1. The second-order valence-corrected chi connectivity index (χ2v) is 11.7. The fourth-order valence-electron chi connectivity index (χ4n) is 5.80. The number of fused-ring (bicyclic) bond motifs is 1. The van der Waals surface area contributed by atoms with Gasteiger partial charge in [-0.25, -0.2) is 4.68 Å². The number of hydrogen-bond donors (Lipinski definition) is 1. The molecule has 0 amide bonds. The van der Waals surface area contributed by atoms with E-state index in [0.29, 0.717) is 12.1 Å². The second-order valence-electron chi connectivity index (χ2n) is 10.7. The molecule has 8 heteroatoms. The van der Waals surface area contributed by atoms with Crippen molar-refractivity contribution in [2.45, 2.75) is 64.6 Å². The van der Waals surface area contributed by atoms with Crippen LogP contribution in [0.25, 0.3) is 10.9 Å². The van der Waals surface area contributed by atoms with Gasteiger partial charge in [-0.1, -0.05) is 49.2 Å². The number of aryl methyl sites for hydroxylation is 2. The summed E-state index contributed by atoms with van der Waals surface area (Å²) in [6, 6.07) is 20.9. The van der Waals surface area contributed by atoms with Gasteiger partial charge in [-0.2, -0.15) is 0 Å². The SMILES string of the molecule is Cc1cc2cc([C@H](c3nnnn3C3CCCC3)N(CCc3ccccc3)Cc3cccs3)c(=O)[nH]c2cc1C. The number of thiophene rings is 1. The number of rotatable bonds is 9. The normalized spacial score (nSPS) is 14.9. The molecule has 2 aromatic carbocycles. The van der Waals surface area contributed by atoms with Gasteiger partial charge < -0.3 is 4.98 Å². The van der Waals surface area contributed by atoms with Crippen LogP contribution in [0.1, 0.15) is 70.7 Å². The number of nitrogens with one attached hydrogen (secondary N) is 1. The van der Waals surface area contributed by atoms with Crippen LogP contribution in [0.2, 0.25) is 0 Å². The van der Waals surface area contributed by atoms with Crippen LogP contribution in [-0.2, 0) is 13.0 Å². The topological polar surface area (TPSA) is 79.7 Å². The van der Waals surface area contributed by atoms with Crippen LogP contribution in [0.3, 0.4) is 0 Å². The highest BCUT2D eigenvalue weighted by Gasteiger charge is 2.33. The first kappa shape index (κ1) is 25.6. The lowest BCUT2D eigenvalue weighted by molar-refractivity contribution is 0.203. The van der Waals surface area contributed by atoms with Gasteiger partial charge in [0.2, 0.25) is 0 Å². The Morgan fingerprint density at radius 2 is 1.85 bits per heavy atom. The Morgan fingerprint density at radius 3 is 2.62 bits per heavy atom. The number of H-pyrrole nitrogens is 1. The van der Waals surface area contributed by atoms with Crippen LogP contribution >= 0.6 is 11.3 Å². The van der Waals surface area contributed by atoms with Crippen LogP contribution < -0.4 is 5.56 Å². The molecule has 1 atom stereocenters. The third-order valence-electron chi connectivity index (χ3n) is 8.05. The summed E-state index contributed by atoms with van der Waals surface area (Å²) in [6.45, 7) is 5.65. The summed E-state index contributed by atoms with van der Waals surface area (Å²) in [5, 5.41) is 16.4. The molecule has 0 aliphatic heterocycles. The number of tetrazole rings is 1. The smallest absolute Gasteiger partial charge is 0.253 e. The first-order valence-corrected chi connectivity index (χ1v) is 14.7. The number of aromatic nitrogens is 5. The summed E-state index contributed by atoms with van der Waals surface area (Å²) in [5.41, 5.74) is 5.08. The van der Waals surface area contributed by atoms with Gasteiger partial charge in [-0.05, 0) is 95.3 Å². The van der Waals surface area contributed by atoms with Crippen molar-refractivity contribution in [3.8, 4) is 0 Å². The van der Waals surface area contributed by atoms with E-state index >= 15 is 0 Å². The molecule has 39 heavy (non-hydrogen) atoms. The summed E-state index contributed by atoms with van der Waals surface area (Å²) in [6.07, 6.45) is 5.34. The van der Waals surface area contributed by atoms with Crippen LogP contribution in [-0.4, -0.2) is 36.6 Å². The molecule has 1 fully saturated rings. The van der Waals surface area contributed by atoms with Gasteiger partial charge in [0, 0.05) is 29.0 Å². The molecule has 0 saturated heterocycles. The standard InChI is InChI=1S/C31H34N6OS/c1-21-17-24-19-27(31(38)32-28(24)18-22(21)2)29(30-33-34-35-37(30)25-11-6-7-12-25)36(20-26-13-8-16-39-26)15-14-23-9-4-3-5-10-23/h3-5,8-10,13,16-19,25,29H,6-7,11-12,14-15,20H2,1-2H3,(H,32,38)/t29-/m1/s1. The molecule has 0 bridgehead atoms. The summed E-state index contributed by atoms with van der Waals surface area (Å²) >= 11 is 1.74. The van der Waals surface area contributed by atoms with Crippen molar-refractivity contribution in [1.29, 1.82) is 0 Å². The molecule has 6 rings (SSSR count). The van der Waals surface area contributed by atoms with Gasteiger partial charge in [0.05, 0.1) is 6.04 Å². The third kappa shape index (κ3) is 5.44. The quantitative estimate of drug-likeness (QED) is 0.244. The Balaban J connectivity index is 1.50. The molecule has 7 nitrogen and oxygen atoms in total. The number of nitrogens with zero attached hydrogens (tertiary/aromatic N) is 5. The summed E-state index contributed by atoms with van der Waals surface area (Å²) in [5.74, 6) is 0.750. The molecule has 0 unspecified atom stereocenters. The van der Waals surface area contributed by atoms with E-state index in [-0.39, 0.29) is 17.6 Å². The molecular formula is C31H34N6OS. The molecule has 3 aromatic heterocycles. The van der Waals surface area contributed by atoms with Gasteiger partial charge in [0.15, 0.2) is 5.82 Å². The van der Waals surface area contributed by atoms with Crippen molar-refractivity contribution in [2.75, 3.05) is 6.54 Å². The van der Waals surface area contributed by atoms with E-state index < -0.39 is 0 Å². The minimum absolute atomic E-state index is 0.0902. The molecule has 200 valence electrons. The zero-order chi connectivity index (χ0) is 26.8. The Morgan fingerprint density at radius 1 is 1.05 bits per heavy atom. The first-order valence-electron chi connectivity index (χ1n) is 13.8. The highest BCUT2D eigenvalue weighted by atomic mass is 32.1. The highest BCUT2D eigenvalue weighted by Crippen LogP contribution is 2.35. The van der Waals surface area contributed by atoms with E-state index in [9.17, 15) is 4.79 Å². The van der Waals surface area contributed by atoms with Crippen LogP contribution in [0, 0.1) is 13.8 Å². The number of benzene rings is 2. The zero-order valence-corrected chi connectivity index (χ0v) is 23.3. The summed E-state index contributed by atoms with van der Waals surface area (Å²) in [4.78, 5) is 20.6. The van der Waals surface area contributed by atoms with Crippen molar-refractivity contribution in [3.63, 3.8) is 0 Å². The molecule has 0 spiro atoms. The maximum absolute atomic E-state index is 13.8. The van der Waals surface area contributed by atoms with E-state index in [2.05, 4.69) is 99.2 Å². The number of hydrogen-bond acceptors (Lipinski definition) is 6. The van der Waals surface area contributed by atoms with E-state index in [1.807, 2.05) is 10.7 Å². The maximum Gasteiger partial charge on any atom is 0.253 e. The molecule has 1 saturated carbocycles. The van der Waals surface area contributed by atoms with Gasteiger partial charge in [-0.15, -0.1) is 16.4 Å². The zero-order valence-electron chi connectivity index (χ0n) is 22.5. The van der Waals surface area contributed by atoms with Gasteiger partial charge in [0.1, 0.15) is 6.04 Å². The Hall–Kier alpha value is -3.62. The average Bonchev–Trinajstić information content (AvgIpc) is 3.73. The Labute approximate surface area is 232 Å². The lowest BCUT2D eigenvalue weighted by Crippen LogP contribution is -2.36. The fourth-order valence-corrected chi connectivity index (χ4v) is 6.53. The van der Waals surface area contributed by atoms with E-state index in [1.165, 1.54) is 28.8 Å². The molecule has 1 aliphatic carbocycles. The van der Waals surface area contributed by atoms with E-state index in [1.54, 1.807) is 11.3 Å². The van der Waals surface area contributed by atoms with Gasteiger partial charge in [-0.3, -0.25) is 9.69 Å².